The first-order valence-corrected chi connectivity index (χ1v) is 17.2. The van der Waals surface area contributed by atoms with Gasteiger partial charge in [-0.2, -0.15) is 0 Å². The molecule has 0 aromatic rings. The molecular formula is C18H46O3Si4. The summed E-state index contributed by atoms with van der Waals surface area (Å²) in [7, 11) is -6.03. The molecule has 0 aromatic carbocycles. The van der Waals surface area contributed by atoms with E-state index in [1.807, 2.05) is 0 Å². The van der Waals surface area contributed by atoms with Crippen molar-refractivity contribution in [1.29, 1.82) is 0 Å². The molecule has 0 heterocycles. The molecule has 0 atom stereocenters. The lowest BCUT2D eigenvalue weighted by molar-refractivity contribution is 0.294. The van der Waals surface area contributed by atoms with E-state index in [1.54, 1.807) is 0 Å². The first kappa shape index (κ1) is 25.7. The molecule has 0 radical (unpaired) electrons. The predicted octanol–water partition coefficient (Wildman–Crippen LogP) is 5.38. The lowest BCUT2D eigenvalue weighted by atomic mass is 10.5. The van der Waals surface area contributed by atoms with E-state index in [-0.39, 0.29) is 0 Å². The lowest BCUT2D eigenvalue weighted by Crippen LogP contribution is -2.47. The molecule has 0 aliphatic rings. The highest BCUT2D eigenvalue weighted by Crippen LogP contribution is 2.28. The van der Waals surface area contributed by atoms with Crippen molar-refractivity contribution >= 4 is 36.6 Å². The summed E-state index contributed by atoms with van der Waals surface area (Å²) in [5.41, 5.74) is 3.74. The van der Waals surface area contributed by atoms with Gasteiger partial charge in [0.05, 0.1) is 0 Å². The SMILES string of the molecule is CC(C)[SiH](O[SiH](O[SiH](C(C)C)C(C)C)O[SiH](C(C)C)C(C)C)C(C)C. The molecular weight excluding hydrogens is 377 g/mol. The van der Waals surface area contributed by atoms with Gasteiger partial charge in [-0.3, -0.25) is 0 Å². The van der Waals surface area contributed by atoms with E-state index in [0.29, 0.717) is 33.2 Å². The molecule has 0 saturated carbocycles. The van der Waals surface area contributed by atoms with Crippen molar-refractivity contribution in [2.24, 2.45) is 0 Å². The Bertz CT molecular complexity index is 273. The maximum Gasteiger partial charge on any atom is 0.452 e. The van der Waals surface area contributed by atoms with Crippen molar-refractivity contribution in [3.63, 3.8) is 0 Å². The number of hydrogen-bond donors (Lipinski definition) is 0. The Kier molecular flexibility index (Phi) is 12.6. The zero-order valence-corrected chi connectivity index (χ0v) is 23.6. The van der Waals surface area contributed by atoms with Crippen LogP contribution in [0.3, 0.4) is 0 Å². The van der Waals surface area contributed by atoms with Crippen LogP contribution < -0.4 is 0 Å². The molecule has 0 spiro atoms. The summed E-state index contributed by atoms with van der Waals surface area (Å²) < 4.78 is 20.2. The predicted molar refractivity (Wildman–Crippen MR) is 122 cm³/mol. The van der Waals surface area contributed by atoms with Gasteiger partial charge in [0.25, 0.3) is 0 Å². The van der Waals surface area contributed by atoms with Crippen LogP contribution in [0.4, 0.5) is 0 Å². The minimum atomic E-state index is -2.06. The van der Waals surface area contributed by atoms with Gasteiger partial charge in [0, 0.05) is 0 Å². The van der Waals surface area contributed by atoms with E-state index in [4.69, 9.17) is 12.3 Å². The fraction of sp³-hybridized carbons (Fsp3) is 1.00. The first-order chi connectivity index (χ1) is 11.4. The number of hydrogen-bond acceptors (Lipinski definition) is 3. The van der Waals surface area contributed by atoms with E-state index in [0.717, 1.165) is 0 Å². The Morgan fingerprint density at radius 2 is 0.520 bits per heavy atom. The molecule has 0 aromatic heterocycles. The van der Waals surface area contributed by atoms with Gasteiger partial charge in [-0.05, 0) is 33.2 Å². The van der Waals surface area contributed by atoms with Crippen LogP contribution in [-0.2, 0) is 12.3 Å². The molecule has 0 rings (SSSR count). The van der Waals surface area contributed by atoms with E-state index >= 15 is 0 Å². The zero-order valence-electron chi connectivity index (χ0n) is 19.0. The van der Waals surface area contributed by atoms with Gasteiger partial charge in [-0.25, -0.2) is 0 Å². The van der Waals surface area contributed by atoms with Gasteiger partial charge < -0.3 is 12.3 Å². The Balaban J connectivity index is 5.40. The molecule has 0 saturated heterocycles. The zero-order chi connectivity index (χ0) is 19.9. The van der Waals surface area contributed by atoms with Crippen LogP contribution in [-0.4, -0.2) is 36.6 Å². The maximum atomic E-state index is 6.74. The minimum Gasteiger partial charge on any atom is -0.421 e. The topological polar surface area (TPSA) is 27.7 Å². The molecule has 25 heavy (non-hydrogen) atoms. The maximum absolute atomic E-state index is 6.74. The third kappa shape index (κ3) is 9.48. The van der Waals surface area contributed by atoms with Gasteiger partial charge >= 0.3 is 9.53 Å². The standard InChI is InChI=1S/C18H46O3Si4/c1-13(2)22(14(3)4)19-25(20-23(15(5)6)16(7)8)21-24(17(9)10)18(11)12/h13-18,22-25H,1-12H3. The minimum absolute atomic E-state index is 0.624. The normalized spacial score (nSPS) is 13.7. The third-order valence-electron chi connectivity index (χ3n) is 4.75. The van der Waals surface area contributed by atoms with Crippen molar-refractivity contribution in [3.05, 3.63) is 0 Å². The van der Waals surface area contributed by atoms with Crippen LogP contribution in [0.2, 0.25) is 33.2 Å². The summed E-state index contributed by atoms with van der Waals surface area (Å²) in [4.78, 5) is 0. The average Bonchev–Trinajstić information content (AvgIpc) is 2.43. The van der Waals surface area contributed by atoms with Gasteiger partial charge in [0.1, 0.15) is 0 Å². The van der Waals surface area contributed by atoms with Crippen LogP contribution in [0.1, 0.15) is 83.1 Å². The average molecular weight is 423 g/mol. The van der Waals surface area contributed by atoms with Gasteiger partial charge in [-0.1, -0.05) is 83.1 Å². The first-order valence-electron chi connectivity index (χ1n) is 10.3. The van der Waals surface area contributed by atoms with Crippen molar-refractivity contribution < 1.29 is 12.3 Å². The van der Waals surface area contributed by atoms with Crippen LogP contribution in [0.5, 0.6) is 0 Å². The summed E-state index contributed by atoms with van der Waals surface area (Å²) in [5, 5.41) is 0. The molecule has 0 bridgehead atoms. The van der Waals surface area contributed by atoms with Gasteiger partial charge in [-0.15, -0.1) is 0 Å². The second-order valence-corrected chi connectivity index (χ2v) is 24.2. The van der Waals surface area contributed by atoms with E-state index < -0.39 is 36.6 Å². The monoisotopic (exact) mass is 422 g/mol. The van der Waals surface area contributed by atoms with Crippen molar-refractivity contribution in [3.8, 4) is 0 Å². The Labute approximate surface area is 165 Å². The molecule has 0 fully saturated rings. The summed E-state index contributed by atoms with van der Waals surface area (Å²) in [6, 6.07) is 0. The van der Waals surface area contributed by atoms with Crippen molar-refractivity contribution in [2.45, 2.75) is 116 Å². The summed E-state index contributed by atoms with van der Waals surface area (Å²) in [5.74, 6) is 0. The highest BCUT2D eigenvalue weighted by atomic mass is 28.5. The van der Waals surface area contributed by atoms with Crippen LogP contribution in [0, 0.1) is 0 Å². The molecule has 0 N–H and O–H groups in total. The number of rotatable bonds is 12. The molecule has 0 amide bonds. The van der Waals surface area contributed by atoms with E-state index in [9.17, 15) is 0 Å². The smallest absolute Gasteiger partial charge is 0.421 e. The van der Waals surface area contributed by atoms with Crippen LogP contribution in [0.15, 0.2) is 0 Å². The Morgan fingerprint density at radius 1 is 0.360 bits per heavy atom. The molecule has 0 aliphatic carbocycles. The van der Waals surface area contributed by atoms with Crippen LogP contribution >= 0.6 is 0 Å². The van der Waals surface area contributed by atoms with Crippen LogP contribution in [0.25, 0.3) is 0 Å². The highest BCUT2D eigenvalue weighted by molar-refractivity contribution is 6.72. The lowest BCUT2D eigenvalue weighted by Gasteiger charge is -2.36. The highest BCUT2D eigenvalue weighted by Gasteiger charge is 2.35. The summed E-state index contributed by atoms with van der Waals surface area (Å²) in [6.07, 6.45) is 0. The molecule has 0 unspecified atom stereocenters. The van der Waals surface area contributed by atoms with Gasteiger partial charge in [0.2, 0.25) is 0 Å². The molecule has 152 valence electrons. The summed E-state index contributed by atoms with van der Waals surface area (Å²) in [6.45, 7) is 27.7. The Hall–Kier alpha value is 0.748. The van der Waals surface area contributed by atoms with Crippen molar-refractivity contribution in [2.75, 3.05) is 0 Å². The molecule has 3 nitrogen and oxygen atoms in total. The van der Waals surface area contributed by atoms with E-state index in [2.05, 4.69) is 83.1 Å². The molecule has 0 aliphatic heterocycles. The summed E-state index contributed by atoms with van der Waals surface area (Å²) >= 11 is 0. The fourth-order valence-corrected chi connectivity index (χ4v) is 21.5. The second kappa shape index (κ2) is 12.3. The third-order valence-corrected chi connectivity index (χ3v) is 19.1. The fourth-order valence-electron chi connectivity index (χ4n) is 3.73. The molecule has 7 heteroatoms. The quantitative estimate of drug-likeness (QED) is 0.395. The van der Waals surface area contributed by atoms with Crippen molar-refractivity contribution in [1.82, 2.24) is 0 Å². The Morgan fingerprint density at radius 3 is 0.640 bits per heavy atom. The second-order valence-electron chi connectivity index (χ2n) is 9.55. The largest absolute Gasteiger partial charge is 0.452 e. The van der Waals surface area contributed by atoms with E-state index in [1.165, 1.54) is 0 Å². The van der Waals surface area contributed by atoms with Gasteiger partial charge in [0.15, 0.2) is 27.1 Å².